The molecule has 0 aliphatic rings. The van der Waals surface area contributed by atoms with E-state index in [0.717, 1.165) is 24.5 Å². The Kier molecular flexibility index (Phi) is 5.43. The van der Waals surface area contributed by atoms with Crippen LogP contribution in [0.3, 0.4) is 0 Å². The maximum Gasteiger partial charge on any atom is 0.0661 e. The Hall–Kier alpha value is -0.930. The molecule has 1 N–H and O–H groups in total. The van der Waals surface area contributed by atoms with Crippen molar-refractivity contribution in [2.75, 3.05) is 19.8 Å². The second-order valence-electron chi connectivity index (χ2n) is 3.95. The molecule has 0 aliphatic carbocycles. The molecule has 0 bridgehead atoms. The molecule has 0 aliphatic heterocycles. The largest absolute Gasteiger partial charge is 0.380 e. The van der Waals surface area contributed by atoms with E-state index in [-0.39, 0.29) is 6.04 Å². The number of nitrogens with zero attached hydrogens (tertiary/aromatic N) is 1. The lowest BCUT2D eigenvalue weighted by molar-refractivity contribution is 0.123. The summed E-state index contributed by atoms with van der Waals surface area (Å²) in [5, 5.41) is 3.44. The summed E-state index contributed by atoms with van der Waals surface area (Å²) in [6.07, 6.45) is 0. The summed E-state index contributed by atoms with van der Waals surface area (Å²) in [5.41, 5.74) is 3.39. The van der Waals surface area contributed by atoms with Crippen LogP contribution in [0.15, 0.2) is 12.1 Å². The third kappa shape index (κ3) is 3.91. The van der Waals surface area contributed by atoms with Gasteiger partial charge in [-0.05, 0) is 45.0 Å². The van der Waals surface area contributed by atoms with Crippen LogP contribution in [0.4, 0.5) is 0 Å². The van der Waals surface area contributed by atoms with Gasteiger partial charge in [0.15, 0.2) is 0 Å². The molecule has 90 valence electrons. The minimum Gasteiger partial charge on any atom is -0.380 e. The maximum absolute atomic E-state index is 5.50. The standard InChI is InChI=1S/C13H22N2O/c1-5-14-13(9-16-6-2)12-7-10(3)15-11(4)8-12/h7-8,13-14H,5-6,9H2,1-4H3. The normalized spacial score (nSPS) is 12.8. The first kappa shape index (κ1) is 13.1. The number of hydrogen-bond acceptors (Lipinski definition) is 3. The zero-order chi connectivity index (χ0) is 12.0. The second kappa shape index (κ2) is 6.61. The summed E-state index contributed by atoms with van der Waals surface area (Å²) < 4.78 is 5.50. The molecule has 3 heteroatoms. The molecule has 1 aromatic rings. The van der Waals surface area contributed by atoms with Crippen LogP contribution in [0.2, 0.25) is 0 Å². The van der Waals surface area contributed by atoms with Gasteiger partial charge in [-0.25, -0.2) is 0 Å². The molecule has 0 radical (unpaired) electrons. The van der Waals surface area contributed by atoms with Crippen LogP contribution < -0.4 is 5.32 Å². The SMILES string of the molecule is CCNC(COCC)c1cc(C)nc(C)c1. The van der Waals surface area contributed by atoms with E-state index in [2.05, 4.69) is 29.4 Å². The molecule has 1 unspecified atom stereocenters. The average Bonchev–Trinajstić information content (AvgIpc) is 2.22. The predicted octanol–water partition coefficient (Wildman–Crippen LogP) is 2.39. The molecule has 0 aromatic carbocycles. The van der Waals surface area contributed by atoms with Crippen LogP contribution in [0.1, 0.15) is 36.8 Å². The quantitative estimate of drug-likeness (QED) is 0.802. The van der Waals surface area contributed by atoms with Crippen molar-refractivity contribution in [1.82, 2.24) is 10.3 Å². The molecule has 0 amide bonds. The predicted molar refractivity (Wildman–Crippen MR) is 66.6 cm³/mol. The highest BCUT2D eigenvalue weighted by Crippen LogP contribution is 2.15. The van der Waals surface area contributed by atoms with Gasteiger partial charge < -0.3 is 10.1 Å². The molecule has 3 nitrogen and oxygen atoms in total. The van der Waals surface area contributed by atoms with E-state index in [0.29, 0.717) is 6.61 Å². The maximum atomic E-state index is 5.50. The Morgan fingerprint density at radius 3 is 2.38 bits per heavy atom. The number of rotatable bonds is 6. The molecule has 1 aromatic heterocycles. The highest BCUT2D eigenvalue weighted by Gasteiger charge is 2.11. The summed E-state index contributed by atoms with van der Waals surface area (Å²) in [4.78, 5) is 4.39. The van der Waals surface area contributed by atoms with E-state index in [9.17, 15) is 0 Å². The van der Waals surface area contributed by atoms with Crippen molar-refractivity contribution in [1.29, 1.82) is 0 Å². The average molecular weight is 222 g/mol. The number of ether oxygens (including phenoxy) is 1. The summed E-state index contributed by atoms with van der Waals surface area (Å²) in [7, 11) is 0. The fraction of sp³-hybridized carbons (Fsp3) is 0.615. The summed E-state index contributed by atoms with van der Waals surface area (Å²) in [6.45, 7) is 10.6. The molecule has 1 atom stereocenters. The molecule has 0 saturated heterocycles. The fourth-order valence-corrected chi connectivity index (χ4v) is 1.82. The van der Waals surface area contributed by atoms with E-state index in [1.165, 1.54) is 5.56 Å². The summed E-state index contributed by atoms with van der Waals surface area (Å²) in [5.74, 6) is 0. The molecule has 16 heavy (non-hydrogen) atoms. The van der Waals surface area contributed by atoms with Crippen molar-refractivity contribution >= 4 is 0 Å². The zero-order valence-electron chi connectivity index (χ0n) is 10.7. The lowest BCUT2D eigenvalue weighted by atomic mass is 10.1. The van der Waals surface area contributed by atoms with Crippen LogP contribution in [-0.2, 0) is 4.74 Å². The van der Waals surface area contributed by atoms with E-state index in [4.69, 9.17) is 4.74 Å². The van der Waals surface area contributed by atoms with E-state index in [1.807, 2.05) is 20.8 Å². The molecule has 0 fully saturated rings. The Labute approximate surface area is 98.2 Å². The Balaban J connectivity index is 2.82. The molecule has 1 heterocycles. The van der Waals surface area contributed by atoms with Crippen LogP contribution >= 0.6 is 0 Å². The molecular formula is C13H22N2O. The lowest BCUT2D eigenvalue weighted by Gasteiger charge is -2.18. The third-order valence-corrected chi connectivity index (χ3v) is 2.45. The van der Waals surface area contributed by atoms with Crippen molar-refractivity contribution in [3.05, 3.63) is 29.1 Å². The fourth-order valence-electron chi connectivity index (χ4n) is 1.82. The van der Waals surface area contributed by atoms with E-state index < -0.39 is 0 Å². The minimum absolute atomic E-state index is 0.269. The van der Waals surface area contributed by atoms with Gasteiger partial charge in [0.1, 0.15) is 0 Å². The number of likely N-dealkylation sites (N-methyl/N-ethyl adjacent to an activating group) is 1. The molecule has 0 spiro atoms. The van der Waals surface area contributed by atoms with Crippen LogP contribution in [-0.4, -0.2) is 24.7 Å². The first-order valence-electron chi connectivity index (χ1n) is 5.93. The van der Waals surface area contributed by atoms with Crippen molar-refractivity contribution in [2.24, 2.45) is 0 Å². The number of hydrogen-bond donors (Lipinski definition) is 1. The highest BCUT2D eigenvalue weighted by molar-refractivity contribution is 5.23. The smallest absolute Gasteiger partial charge is 0.0661 e. The Morgan fingerprint density at radius 1 is 1.25 bits per heavy atom. The Bertz CT molecular complexity index is 305. The van der Waals surface area contributed by atoms with Gasteiger partial charge in [-0.1, -0.05) is 6.92 Å². The highest BCUT2D eigenvalue weighted by atomic mass is 16.5. The van der Waals surface area contributed by atoms with Gasteiger partial charge in [0.25, 0.3) is 0 Å². The van der Waals surface area contributed by atoms with Crippen LogP contribution in [0, 0.1) is 13.8 Å². The van der Waals surface area contributed by atoms with Crippen molar-refractivity contribution in [2.45, 2.75) is 33.7 Å². The Morgan fingerprint density at radius 2 is 1.88 bits per heavy atom. The van der Waals surface area contributed by atoms with E-state index in [1.54, 1.807) is 0 Å². The molecular weight excluding hydrogens is 200 g/mol. The number of aryl methyl sites for hydroxylation is 2. The minimum atomic E-state index is 0.269. The van der Waals surface area contributed by atoms with Crippen molar-refractivity contribution in [3.8, 4) is 0 Å². The van der Waals surface area contributed by atoms with E-state index >= 15 is 0 Å². The van der Waals surface area contributed by atoms with Crippen molar-refractivity contribution in [3.63, 3.8) is 0 Å². The van der Waals surface area contributed by atoms with Gasteiger partial charge in [-0.15, -0.1) is 0 Å². The van der Waals surface area contributed by atoms with Gasteiger partial charge in [0.2, 0.25) is 0 Å². The molecule has 1 rings (SSSR count). The zero-order valence-corrected chi connectivity index (χ0v) is 10.7. The van der Waals surface area contributed by atoms with Gasteiger partial charge in [0, 0.05) is 18.0 Å². The first-order chi connectivity index (χ1) is 7.67. The summed E-state index contributed by atoms with van der Waals surface area (Å²) >= 11 is 0. The van der Waals surface area contributed by atoms with Crippen LogP contribution in [0.5, 0.6) is 0 Å². The van der Waals surface area contributed by atoms with Gasteiger partial charge in [-0.3, -0.25) is 4.98 Å². The second-order valence-corrected chi connectivity index (χ2v) is 3.95. The number of pyridine rings is 1. The first-order valence-corrected chi connectivity index (χ1v) is 5.93. The third-order valence-electron chi connectivity index (χ3n) is 2.45. The lowest BCUT2D eigenvalue weighted by Crippen LogP contribution is -2.25. The topological polar surface area (TPSA) is 34.1 Å². The van der Waals surface area contributed by atoms with Gasteiger partial charge in [-0.2, -0.15) is 0 Å². The number of nitrogens with one attached hydrogen (secondary N) is 1. The summed E-state index contributed by atoms with van der Waals surface area (Å²) in [6, 6.07) is 4.52. The number of aromatic nitrogens is 1. The van der Waals surface area contributed by atoms with Gasteiger partial charge >= 0.3 is 0 Å². The van der Waals surface area contributed by atoms with Crippen LogP contribution in [0.25, 0.3) is 0 Å². The molecule has 0 saturated carbocycles. The van der Waals surface area contributed by atoms with Crippen molar-refractivity contribution < 1.29 is 4.74 Å². The van der Waals surface area contributed by atoms with Gasteiger partial charge in [0.05, 0.1) is 12.6 Å². The monoisotopic (exact) mass is 222 g/mol.